The van der Waals surface area contributed by atoms with Crippen molar-refractivity contribution in [2.45, 2.75) is 42.8 Å². The average molecular weight is 468 g/mol. The summed E-state index contributed by atoms with van der Waals surface area (Å²) in [5.41, 5.74) is 1.34. The fourth-order valence-corrected chi connectivity index (χ4v) is 5.76. The van der Waals surface area contributed by atoms with Crippen LogP contribution in [0.5, 0.6) is 0 Å². The molecule has 1 atom stereocenters. The van der Waals surface area contributed by atoms with Crippen molar-refractivity contribution in [3.63, 3.8) is 0 Å². The molecule has 0 spiro atoms. The third-order valence-electron chi connectivity index (χ3n) is 5.31. The van der Waals surface area contributed by atoms with Gasteiger partial charge < -0.3 is 5.32 Å². The molecular formula is C21H23Cl2N3O3S. The number of hydrogen-bond acceptors (Lipinski definition) is 4. The highest BCUT2D eigenvalue weighted by molar-refractivity contribution is 7.89. The summed E-state index contributed by atoms with van der Waals surface area (Å²) in [4.78, 5) is 15.0. The Morgan fingerprint density at radius 3 is 2.47 bits per heavy atom. The second kappa shape index (κ2) is 8.85. The van der Waals surface area contributed by atoms with Gasteiger partial charge in [-0.3, -0.25) is 9.69 Å². The monoisotopic (exact) mass is 467 g/mol. The highest BCUT2D eigenvalue weighted by atomic mass is 35.5. The molecule has 2 fully saturated rings. The minimum atomic E-state index is -3.80. The number of carbonyl (C=O) groups is 1. The van der Waals surface area contributed by atoms with Crippen LogP contribution in [0, 0.1) is 0 Å². The molecule has 0 radical (unpaired) electrons. The number of carbonyl (C=O) groups excluding carboxylic acids is 1. The maximum absolute atomic E-state index is 12.8. The fraction of sp³-hybridized carbons (Fsp3) is 0.381. The van der Waals surface area contributed by atoms with E-state index >= 15 is 0 Å². The van der Waals surface area contributed by atoms with E-state index in [4.69, 9.17) is 23.2 Å². The summed E-state index contributed by atoms with van der Waals surface area (Å²) < 4.78 is 27.7. The molecule has 2 aromatic rings. The predicted octanol–water partition coefficient (Wildman–Crippen LogP) is 3.44. The third kappa shape index (κ3) is 5.15. The van der Waals surface area contributed by atoms with Gasteiger partial charge in [0.1, 0.15) is 4.90 Å². The number of amides is 1. The summed E-state index contributed by atoms with van der Waals surface area (Å²) >= 11 is 12.3. The molecule has 6 nitrogen and oxygen atoms in total. The first-order valence-electron chi connectivity index (χ1n) is 9.90. The second-order valence-electron chi connectivity index (χ2n) is 7.84. The zero-order valence-corrected chi connectivity index (χ0v) is 18.6. The van der Waals surface area contributed by atoms with Gasteiger partial charge in [-0.25, -0.2) is 13.1 Å². The molecule has 9 heteroatoms. The lowest BCUT2D eigenvalue weighted by molar-refractivity contribution is 0.0937. The Bertz CT molecular complexity index is 1040. The van der Waals surface area contributed by atoms with Crippen LogP contribution >= 0.6 is 23.2 Å². The summed E-state index contributed by atoms with van der Waals surface area (Å²) in [7, 11) is -3.80. The standard InChI is InChI=1S/C21H23Cl2N3O3S/c22-18-11-19(23)20(30(28,29)25-15-6-7-15)10-17(18)21(27)24-16-8-9-26(13-16)12-14-4-2-1-3-5-14/h1-5,10-11,15-16,25H,6-9,12-13H2,(H,24,27)/t16-/m1/s1. The Labute approximate surface area is 186 Å². The number of nitrogens with one attached hydrogen (secondary N) is 2. The van der Waals surface area contributed by atoms with Crippen LogP contribution in [0.1, 0.15) is 35.2 Å². The molecule has 0 unspecified atom stereocenters. The van der Waals surface area contributed by atoms with Crippen LogP contribution in [0.2, 0.25) is 10.0 Å². The van der Waals surface area contributed by atoms with Crippen LogP contribution in [0.15, 0.2) is 47.4 Å². The van der Waals surface area contributed by atoms with E-state index < -0.39 is 15.9 Å². The number of benzene rings is 2. The van der Waals surface area contributed by atoms with Gasteiger partial charge in [0.05, 0.1) is 15.6 Å². The van der Waals surface area contributed by atoms with Crippen LogP contribution in [-0.4, -0.2) is 44.4 Å². The largest absolute Gasteiger partial charge is 0.348 e. The van der Waals surface area contributed by atoms with Crippen molar-refractivity contribution in [3.8, 4) is 0 Å². The molecule has 2 aliphatic rings. The number of rotatable bonds is 7. The number of hydrogen-bond donors (Lipinski definition) is 2. The molecular weight excluding hydrogens is 445 g/mol. The van der Waals surface area contributed by atoms with Crippen LogP contribution in [0.4, 0.5) is 0 Å². The Hall–Kier alpha value is -1.64. The number of halogens is 2. The predicted molar refractivity (Wildman–Crippen MR) is 117 cm³/mol. The highest BCUT2D eigenvalue weighted by Crippen LogP contribution is 2.31. The van der Waals surface area contributed by atoms with Crippen molar-refractivity contribution < 1.29 is 13.2 Å². The van der Waals surface area contributed by atoms with Gasteiger partial charge in [0.2, 0.25) is 10.0 Å². The summed E-state index contributed by atoms with van der Waals surface area (Å²) in [6.45, 7) is 2.42. The Morgan fingerprint density at radius 2 is 1.77 bits per heavy atom. The molecule has 2 aromatic carbocycles. The molecule has 4 rings (SSSR count). The highest BCUT2D eigenvalue weighted by Gasteiger charge is 2.31. The number of sulfonamides is 1. The molecule has 1 amide bonds. The van der Waals surface area contributed by atoms with Gasteiger partial charge in [-0.05, 0) is 37.0 Å². The Kier molecular flexibility index (Phi) is 6.36. The quantitative estimate of drug-likeness (QED) is 0.653. The van der Waals surface area contributed by atoms with E-state index in [1.54, 1.807) is 0 Å². The lowest BCUT2D eigenvalue weighted by Crippen LogP contribution is -2.37. The summed E-state index contributed by atoms with van der Waals surface area (Å²) in [5.74, 6) is -0.397. The van der Waals surface area contributed by atoms with Crippen molar-refractivity contribution in [2.24, 2.45) is 0 Å². The van der Waals surface area contributed by atoms with Crippen molar-refractivity contribution in [1.82, 2.24) is 14.9 Å². The molecule has 0 bridgehead atoms. The van der Waals surface area contributed by atoms with Crippen molar-refractivity contribution >= 4 is 39.1 Å². The van der Waals surface area contributed by atoms with Gasteiger partial charge in [0.15, 0.2) is 0 Å². The summed E-state index contributed by atoms with van der Waals surface area (Å²) in [6.07, 6.45) is 2.43. The fourth-order valence-electron chi connectivity index (χ4n) is 3.59. The van der Waals surface area contributed by atoms with Crippen molar-refractivity contribution in [1.29, 1.82) is 0 Å². The van der Waals surface area contributed by atoms with Crippen LogP contribution in [0.3, 0.4) is 0 Å². The molecule has 1 heterocycles. The van der Waals surface area contributed by atoms with E-state index in [0.29, 0.717) is 0 Å². The van der Waals surface area contributed by atoms with E-state index in [-0.39, 0.29) is 32.6 Å². The molecule has 1 aliphatic heterocycles. The Balaban J connectivity index is 1.44. The average Bonchev–Trinajstić information content (AvgIpc) is 3.39. The second-order valence-corrected chi connectivity index (χ2v) is 10.3. The zero-order valence-electron chi connectivity index (χ0n) is 16.3. The molecule has 2 N–H and O–H groups in total. The van der Waals surface area contributed by atoms with Crippen molar-refractivity contribution in [2.75, 3.05) is 13.1 Å². The summed E-state index contributed by atoms with van der Waals surface area (Å²) in [6, 6.07) is 12.7. The minimum absolute atomic E-state index is 0.000368. The molecule has 0 aromatic heterocycles. The van der Waals surface area contributed by atoms with Crippen LogP contribution in [0.25, 0.3) is 0 Å². The Morgan fingerprint density at radius 1 is 1.03 bits per heavy atom. The maximum Gasteiger partial charge on any atom is 0.253 e. The van der Waals surface area contributed by atoms with Gasteiger partial charge in [-0.1, -0.05) is 53.5 Å². The SMILES string of the molecule is O=C(N[C@@H]1CCN(Cc2ccccc2)C1)c1cc(S(=O)(=O)NC2CC2)c(Cl)cc1Cl. The molecule has 160 valence electrons. The van der Waals surface area contributed by atoms with E-state index in [0.717, 1.165) is 38.9 Å². The molecule has 1 saturated heterocycles. The smallest absolute Gasteiger partial charge is 0.253 e. The molecule has 30 heavy (non-hydrogen) atoms. The summed E-state index contributed by atoms with van der Waals surface area (Å²) in [5, 5.41) is 3.11. The first-order chi connectivity index (χ1) is 14.3. The van der Waals surface area contributed by atoms with E-state index in [2.05, 4.69) is 27.1 Å². The van der Waals surface area contributed by atoms with Crippen LogP contribution in [-0.2, 0) is 16.6 Å². The van der Waals surface area contributed by atoms with Crippen molar-refractivity contribution in [3.05, 3.63) is 63.6 Å². The first-order valence-corrected chi connectivity index (χ1v) is 12.1. The normalized spacial score (nSPS) is 19.7. The van der Waals surface area contributed by atoms with E-state index in [1.165, 1.54) is 17.7 Å². The minimum Gasteiger partial charge on any atom is -0.348 e. The van der Waals surface area contributed by atoms with Gasteiger partial charge in [0, 0.05) is 31.7 Å². The van der Waals surface area contributed by atoms with Gasteiger partial charge in [-0.15, -0.1) is 0 Å². The van der Waals surface area contributed by atoms with Gasteiger partial charge in [-0.2, -0.15) is 0 Å². The first kappa shape index (κ1) is 21.6. The van der Waals surface area contributed by atoms with E-state index in [1.807, 2.05) is 18.2 Å². The third-order valence-corrected chi connectivity index (χ3v) is 7.61. The molecule has 1 saturated carbocycles. The molecule has 1 aliphatic carbocycles. The topological polar surface area (TPSA) is 78.5 Å². The lowest BCUT2D eigenvalue weighted by atomic mass is 10.2. The number of nitrogens with zero attached hydrogens (tertiary/aromatic N) is 1. The maximum atomic E-state index is 12.8. The number of likely N-dealkylation sites (tertiary alicyclic amines) is 1. The lowest BCUT2D eigenvalue weighted by Gasteiger charge is -2.17. The van der Waals surface area contributed by atoms with E-state index in [9.17, 15) is 13.2 Å². The zero-order chi connectivity index (χ0) is 21.3. The van der Waals surface area contributed by atoms with Gasteiger partial charge in [0.25, 0.3) is 5.91 Å². The van der Waals surface area contributed by atoms with Crippen LogP contribution < -0.4 is 10.0 Å². The van der Waals surface area contributed by atoms with Gasteiger partial charge >= 0.3 is 0 Å².